The zero-order chi connectivity index (χ0) is 13.2. The average Bonchev–Trinajstić information content (AvgIpc) is 2.38. The largest absolute Gasteiger partial charge is 0.508 e. The monoisotopic (exact) mass is 254 g/mol. The molecule has 0 radical (unpaired) electrons. The number of nitrogens with zero attached hydrogens (tertiary/aromatic N) is 1. The summed E-state index contributed by atoms with van der Waals surface area (Å²) in [7, 11) is 0. The Kier molecular flexibility index (Phi) is 3.13. The summed E-state index contributed by atoms with van der Waals surface area (Å²) < 4.78 is 0. The number of anilines is 1. The van der Waals surface area contributed by atoms with Gasteiger partial charge in [-0.2, -0.15) is 0 Å². The van der Waals surface area contributed by atoms with Gasteiger partial charge >= 0.3 is 0 Å². The van der Waals surface area contributed by atoms with Crippen LogP contribution in [0.25, 0.3) is 0 Å². The lowest BCUT2D eigenvalue weighted by Gasteiger charge is -2.28. The number of phenols is 1. The smallest absolute Gasteiger partial charge is 0.115 e. The van der Waals surface area contributed by atoms with Gasteiger partial charge in [0.05, 0.1) is 0 Å². The van der Waals surface area contributed by atoms with E-state index in [9.17, 15) is 5.11 Å². The highest BCUT2D eigenvalue weighted by Crippen LogP contribution is 2.24. The van der Waals surface area contributed by atoms with Crippen LogP contribution in [0.4, 0.5) is 5.69 Å². The fourth-order valence-electron chi connectivity index (χ4n) is 2.69. The summed E-state index contributed by atoms with van der Waals surface area (Å²) in [5, 5.41) is 9.57. The van der Waals surface area contributed by atoms with Gasteiger partial charge in [0.25, 0.3) is 0 Å². The van der Waals surface area contributed by atoms with Crippen LogP contribution in [0.15, 0.2) is 42.5 Å². The number of benzene rings is 2. The molecule has 0 fully saturated rings. The van der Waals surface area contributed by atoms with Gasteiger partial charge in [-0.1, -0.05) is 18.2 Å². The molecule has 3 heteroatoms. The Hall–Kier alpha value is -2.00. The van der Waals surface area contributed by atoms with Gasteiger partial charge in [-0.05, 0) is 47.4 Å². The average molecular weight is 254 g/mol. The van der Waals surface area contributed by atoms with Gasteiger partial charge in [0, 0.05) is 25.3 Å². The number of rotatable bonds is 2. The molecule has 2 aromatic carbocycles. The van der Waals surface area contributed by atoms with Gasteiger partial charge in [-0.3, -0.25) is 4.90 Å². The SMILES string of the molecule is Nc1cccc(CN2CCc3ccc(O)cc3C2)c1. The molecule has 0 amide bonds. The lowest BCUT2D eigenvalue weighted by molar-refractivity contribution is 0.245. The highest BCUT2D eigenvalue weighted by molar-refractivity contribution is 5.41. The Morgan fingerprint density at radius 3 is 2.84 bits per heavy atom. The quantitative estimate of drug-likeness (QED) is 0.810. The number of phenolic OH excluding ortho intramolecular Hbond substituents is 1. The minimum Gasteiger partial charge on any atom is -0.508 e. The predicted molar refractivity (Wildman–Crippen MR) is 76.8 cm³/mol. The van der Waals surface area contributed by atoms with Crippen LogP contribution in [0, 0.1) is 0 Å². The minimum absolute atomic E-state index is 0.351. The van der Waals surface area contributed by atoms with E-state index in [2.05, 4.69) is 11.0 Å². The molecule has 0 atom stereocenters. The van der Waals surface area contributed by atoms with Crippen LogP contribution in [-0.2, 0) is 19.5 Å². The van der Waals surface area contributed by atoms with E-state index < -0.39 is 0 Å². The van der Waals surface area contributed by atoms with Gasteiger partial charge in [-0.15, -0.1) is 0 Å². The van der Waals surface area contributed by atoms with Gasteiger partial charge in [0.15, 0.2) is 0 Å². The molecular formula is C16H18N2O. The molecule has 19 heavy (non-hydrogen) atoms. The molecule has 0 spiro atoms. The maximum absolute atomic E-state index is 9.57. The van der Waals surface area contributed by atoms with E-state index in [1.165, 1.54) is 16.7 Å². The van der Waals surface area contributed by atoms with E-state index in [1.807, 2.05) is 30.3 Å². The second-order valence-corrected chi connectivity index (χ2v) is 5.16. The Morgan fingerprint density at radius 1 is 1.11 bits per heavy atom. The fraction of sp³-hybridized carbons (Fsp3) is 0.250. The van der Waals surface area contributed by atoms with E-state index in [1.54, 1.807) is 6.07 Å². The highest BCUT2D eigenvalue weighted by atomic mass is 16.3. The second-order valence-electron chi connectivity index (χ2n) is 5.16. The summed E-state index contributed by atoms with van der Waals surface area (Å²) in [6.07, 6.45) is 1.04. The third-order valence-electron chi connectivity index (χ3n) is 3.64. The molecule has 1 aliphatic rings. The molecule has 3 N–H and O–H groups in total. The number of fused-ring (bicyclic) bond motifs is 1. The van der Waals surface area contributed by atoms with Crippen LogP contribution in [0.3, 0.4) is 0 Å². The molecule has 0 bridgehead atoms. The molecule has 0 aromatic heterocycles. The molecular weight excluding hydrogens is 236 g/mol. The first-order chi connectivity index (χ1) is 9.20. The van der Waals surface area contributed by atoms with Crippen LogP contribution >= 0.6 is 0 Å². The lowest BCUT2D eigenvalue weighted by Crippen LogP contribution is -2.29. The first-order valence-electron chi connectivity index (χ1n) is 6.58. The van der Waals surface area contributed by atoms with Crippen molar-refractivity contribution in [1.29, 1.82) is 0 Å². The summed E-state index contributed by atoms with van der Waals surface area (Å²) in [5.41, 5.74) is 10.4. The van der Waals surface area contributed by atoms with Gasteiger partial charge < -0.3 is 10.8 Å². The minimum atomic E-state index is 0.351. The number of aromatic hydroxyl groups is 1. The second kappa shape index (κ2) is 4.94. The summed E-state index contributed by atoms with van der Waals surface area (Å²) >= 11 is 0. The van der Waals surface area contributed by atoms with Crippen molar-refractivity contribution in [2.45, 2.75) is 19.5 Å². The first-order valence-corrected chi connectivity index (χ1v) is 6.58. The third kappa shape index (κ3) is 2.71. The Labute approximate surface area is 113 Å². The van der Waals surface area contributed by atoms with Crippen molar-refractivity contribution in [3.8, 4) is 5.75 Å². The van der Waals surface area contributed by atoms with Crippen molar-refractivity contribution in [2.24, 2.45) is 0 Å². The summed E-state index contributed by atoms with van der Waals surface area (Å²) in [4.78, 5) is 2.39. The van der Waals surface area contributed by atoms with E-state index >= 15 is 0 Å². The standard InChI is InChI=1S/C16H18N2O/c17-15-3-1-2-12(8-15)10-18-7-6-13-4-5-16(19)9-14(13)11-18/h1-5,8-9,19H,6-7,10-11,17H2. The topological polar surface area (TPSA) is 49.5 Å². The molecule has 1 aliphatic heterocycles. The number of hydrogen-bond acceptors (Lipinski definition) is 3. The molecule has 1 heterocycles. The van der Waals surface area contributed by atoms with Crippen LogP contribution in [0.1, 0.15) is 16.7 Å². The summed E-state index contributed by atoms with van der Waals surface area (Å²) in [5.74, 6) is 0.351. The molecule has 3 rings (SSSR count). The third-order valence-corrected chi connectivity index (χ3v) is 3.64. The van der Waals surface area contributed by atoms with Crippen molar-refractivity contribution in [3.63, 3.8) is 0 Å². The molecule has 0 aliphatic carbocycles. The zero-order valence-corrected chi connectivity index (χ0v) is 10.8. The van der Waals surface area contributed by atoms with Gasteiger partial charge in [-0.25, -0.2) is 0 Å². The maximum Gasteiger partial charge on any atom is 0.115 e. The molecule has 0 unspecified atom stereocenters. The molecule has 0 saturated heterocycles. The zero-order valence-electron chi connectivity index (χ0n) is 10.8. The van der Waals surface area contributed by atoms with Crippen molar-refractivity contribution in [1.82, 2.24) is 4.90 Å². The normalized spacial score (nSPS) is 15.2. The van der Waals surface area contributed by atoms with Crippen LogP contribution in [0.2, 0.25) is 0 Å². The molecule has 2 aromatic rings. The highest BCUT2D eigenvalue weighted by Gasteiger charge is 2.16. The maximum atomic E-state index is 9.57. The van der Waals surface area contributed by atoms with Crippen LogP contribution in [0.5, 0.6) is 5.75 Å². The summed E-state index contributed by atoms with van der Waals surface area (Å²) in [6.45, 7) is 2.84. The van der Waals surface area contributed by atoms with E-state index in [0.29, 0.717) is 5.75 Å². The molecule has 0 saturated carbocycles. The van der Waals surface area contributed by atoms with E-state index in [4.69, 9.17) is 5.73 Å². The van der Waals surface area contributed by atoms with Crippen LogP contribution < -0.4 is 5.73 Å². The Morgan fingerprint density at radius 2 is 2.00 bits per heavy atom. The van der Waals surface area contributed by atoms with E-state index in [0.717, 1.165) is 31.7 Å². The predicted octanol–water partition coefficient (Wildman–Crippen LogP) is 2.53. The van der Waals surface area contributed by atoms with Crippen molar-refractivity contribution in [2.75, 3.05) is 12.3 Å². The number of nitrogens with two attached hydrogens (primary N) is 1. The van der Waals surface area contributed by atoms with Gasteiger partial charge in [0.1, 0.15) is 5.75 Å². The number of nitrogen functional groups attached to an aromatic ring is 1. The van der Waals surface area contributed by atoms with Crippen molar-refractivity contribution >= 4 is 5.69 Å². The Bertz CT molecular complexity index is 595. The number of hydrogen-bond donors (Lipinski definition) is 2. The lowest BCUT2D eigenvalue weighted by atomic mass is 9.99. The molecule has 98 valence electrons. The Balaban J connectivity index is 1.75. The first kappa shape index (κ1) is 12.1. The fourth-order valence-corrected chi connectivity index (χ4v) is 2.69. The summed E-state index contributed by atoms with van der Waals surface area (Å²) in [6, 6.07) is 13.7. The van der Waals surface area contributed by atoms with E-state index in [-0.39, 0.29) is 0 Å². The van der Waals surface area contributed by atoms with Gasteiger partial charge in [0.2, 0.25) is 0 Å². The molecule has 3 nitrogen and oxygen atoms in total. The van der Waals surface area contributed by atoms with Crippen LogP contribution in [-0.4, -0.2) is 16.6 Å². The van der Waals surface area contributed by atoms with Crippen molar-refractivity contribution in [3.05, 3.63) is 59.2 Å². The van der Waals surface area contributed by atoms with Crippen molar-refractivity contribution < 1.29 is 5.11 Å².